The monoisotopic (exact) mass is 322 g/mol. The molecule has 5 nitrogen and oxygen atoms in total. The van der Waals surface area contributed by atoms with Gasteiger partial charge in [0.15, 0.2) is 0 Å². The highest BCUT2D eigenvalue weighted by Crippen LogP contribution is 2.51. The van der Waals surface area contributed by atoms with Gasteiger partial charge in [-0.1, -0.05) is 48.5 Å². The van der Waals surface area contributed by atoms with Crippen molar-refractivity contribution >= 4 is 25.9 Å². The highest BCUT2D eigenvalue weighted by atomic mass is 33.1. The number of carbonyl (C=O) groups excluding carboxylic acids is 1. The molecule has 1 aliphatic rings. The summed E-state index contributed by atoms with van der Waals surface area (Å²) in [7, 11) is -4.24. The third kappa shape index (κ3) is 2.44. The van der Waals surface area contributed by atoms with Crippen molar-refractivity contribution in [2.24, 2.45) is 0 Å². The molecule has 0 spiro atoms. The average molecular weight is 322 g/mol. The Bertz CT molecular complexity index is 801. The van der Waals surface area contributed by atoms with Gasteiger partial charge in [0.05, 0.1) is 16.4 Å². The Morgan fingerprint density at radius 3 is 2.29 bits per heavy atom. The van der Waals surface area contributed by atoms with E-state index in [1.807, 2.05) is 0 Å². The standard InChI is InChI=1S/C14H10O5S2/c15-13-11-8-4-5-9-12(11)14(19-13,20-21(16,17)18)10-6-2-1-3-7-10/h1-9H,(H,16,17,18). The molecule has 7 heteroatoms. The van der Waals surface area contributed by atoms with E-state index in [2.05, 4.69) is 0 Å². The van der Waals surface area contributed by atoms with Crippen LogP contribution in [0.5, 0.6) is 0 Å². The number of cyclic esters (lactones) is 1. The highest BCUT2D eigenvalue weighted by Gasteiger charge is 2.50. The lowest BCUT2D eigenvalue weighted by molar-refractivity contribution is 0.0387. The zero-order chi connectivity index (χ0) is 15.1. The lowest BCUT2D eigenvalue weighted by atomic mass is 9.99. The van der Waals surface area contributed by atoms with Crippen LogP contribution >= 0.6 is 10.8 Å². The molecule has 0 fully saturated rings. The molecule has 0 saturated heterocycles. The Hall–Kier alpha value is -1.83. The molecule has 1 unspecified atom stereocenters. The van der Waals surface area contributed by atoms with E-state index in [9.17, 15) is 17.8 Å². The topological polar surface area (TPSA) is 80.7 Å². The maximum atomic E-state index is 12.0. The summed E-state index contributed by atoms with van der Waals surface area (Å²) < 4.78 is 37.4. The lowest BCUT2D eigenvalue weighted by Crippen LogP contribution is -2.25. The second kappa shape index (κ2) is 4.87. The Morgan fingerprint density at radius 1 is 1.00 bits per heavy atom. The van der Waals surface area contributed by atoms with Gasteiger partial charge in [0, 0.05) is 11.1 Å². The maximum absolute atomic E-state index is 12.0. The van der Waals surface area contributed by atoms with E-state index in [0.29, 0.717) is 11.1 Å². The largest absolute Gasteiger partial charge is 0.434 e. The number of rotatable bonds is 3. The fraction of sp³-hybridized carbons (Fsp3) is 0.0714. The molecule has 0 radical (unpaired) electrons. The summed E-state index contributed by atoms with van der Waals surface area (Å²) in [5, 5.41) is 0. The van der Waals surface area contributed by atoms with Gasteiger partial charge in [0.25, 0.3) is 0 Å². The van der Waals surface area contributed by atoms with Crippen LogP contribution in [-0.2, 0) is 18.8 Å². The van der Waals surface area contributed by atoms with Crippen molar-refractivity contribution in [1.29, 1.82) is 0 Å². The van der Waals surface area contributed by atoms with Crippen LogP contribution in [0.25, 0.3) is 0 Å². The molecule has 0 aliphatic carbocycles. The van der Waals surface area contributed by atoms with Crippen LogP contribution in [0.3, 0.4) is 0 Å². The van der Waals surface area contributed by atoms with Crippen molar-refractivity contribution in [1.82, 2.24) is 0 Å². The maximum Gasteiger partial charge on any atom is 0.340 e. The lowest BCUT2D eigenvalue weighted by Gasteiger charge is -2.26. The quantitative estimate of drug-likeness (QED) is 0.531. The zero-order valence-corrected chi connectivity index (χ0v) is 12.2. The van der Waals surface area contributed by atoms with Crippen molar-refractivity contribution in [2.75, 3.05) is 0 Å². The van der Waals surface area contributed by atoms with Gasteiger partial charge in [0.1, 0.15) is 0 Å². The summed E-state index contributed by atoms with van der Waals surface area (Å²) in [5.41, 5.74) is 1.16. The van der Waals surface area contributed by atoms with E-state index in [1.165, 1.54) is 0 Å². The average Bonchev–Trinajstić information content (AvgIpc) is 2.73. The molecule has 1 heterocycles. The molecular formula is C14H10O5S2. The van der Waals surface area contributed by atoms with Crippen LogP contribution in [0, 0.1) is 0 Å². The molecule has 1 N–H and O–H groups in total. The Balaban J connectivity index is 2.27. The van der Waals surface area contributed by atoms with Crippen molar-refractivity contribution < 1.29 is 22.5 Å². The first-order valence-electron chi connectivity index (χ1n) is 5.99. The van der Waals surface area contributed by atoms with E-state index in [-0.39, 0.29) is 16.4 Å². The summed E-state index contributed by atoms with van der Waals surface area (Å²) in [6.07, 6.45) is 0. The van der Waals surface area contributed by atoms with Crippen molar-refractivity contribution in [2.45, 2.75) is 4.93 Å². The first kappa shape index (κ1) is 14.1. The molecule has 0 bridgehead atoms. The minimum absolute atomic E-state index is 0.196. The third-order valence-corrected chi connectivity index (χ3v) is 5.43. The number of ether oxygens (including phenoxy) is 1. The molecule has 0 aromatic heterocycles. The molecule has 1 atom stereocenters. The van der Waals surface area contributed by atoms with E-state index in [0.717, 1.165) is 0 Å². The molecule has 108 valence electrons. The predicted octanol–water partition coefficient (Wildman–Crippen LogP) is 2.59. The van der Waals surface area contributed by atoms with Crippen LogP contribution in [0.1, 0.15) is 21.5 Å². The normalized spacial score (nSPS) is 20.9. The van der Waals surface area contributed by atoms with Gasteiger partial charge in [-0.25, -0.2) is 4.79 Å². The van der Waals surface area contributed by atoms with E-state index in [1.54, 1.807) is 54.6 Å². The van der Waals surface area contributed by atoms with E-state index in [4.69, 9.17) is 4.74 Å². The minimum atomic E-state index is -4.44. The molecule has 3 rings (SSSR count). The highest BCUT2D eigenvalue weighted by molar-refractivity contribution is 8.70. The van der Waals surface area contributed by atoms with Gasteiger partial charge < -0.3 is 4.74 Å². The number of esters is 1. The first-order valence-corrected chi connectivity index (χ1v) is 8.76. The number of hydrogen-bond acceptors (Lipinski definition) is 5. The fourth-order valence-corrected chi connectivity index (χ4v) is 4.78. The molecule has 2 aromatic rings. The van der Waals surface area contributed by atoms with Crippen molar-refractivity contribution in [3.05, 3.63) is 71.3 Å². The molecule has 21 heavy (non-hydrogen) atoms. The Kier molecular flexibility index (Phi) is 3.27. The third-order valence-electron chi connectivity index (χ3n) is 3.11. The first-order chi connectivity index (χ1) is 9.92. The number of carbonyl (C=O) groups is 1. The van der Waals surface area contributed by atoms with Gasteiger partial charge in [0.2, 0.25) is 4.93 Å². The molecule has 1 aliphatic heterocycles. The van der Waals surface area contributed by atoms with Crippen LogP contribution in [-0.4, -0.2) is 18.9 Å². The van der Waals surface area contributed by atoms with Crippen LogP contribution in [0.4, 0.5) is 0 Å². The number of benzene rings is 2. The summed E-state index contributed by atoms with van der Waals surface area (Å²) in [5.74, 6) is -0.620. The van der Waals surface area contributed by atoms with Gasteiger partial charge in [-0.3, -0.25) is 4.55 Å². The Morgan fingerprint density at radius 2 is 1.62 bits per heavy atom. The number of hydrogen-bond donors (Lipinski definition) is 1. The summed E-state index contributed by atoms with van der Waals surface area (Å²) in [4.78, 5) is 10.4. The summed E-state index contributed by atoms with van der Waals surface area (Å²) in [6.45, 7) is 0. The van der Waals surface area contributed by atoms with Gasteiger partial charge in [-0.2, -0.15) is 8.42 Å². The van der Waals surface area contributed by atoms with Gasteiger partial charge in [-0.05, 0) is 6.07 Å². The smallest absolute Gasteiger partial charge is 0.340 e. The number of fused-ring (bicyclic) bond motifs is 1. The fourth-order valence-electron chi connectivity index (χ4n) is 2.32. The SMILES string of the molecule is O=C1OC(SS(=O)(=O)O)(c2ccccc2)c2ccccc21. The van der Waals surface area contributed by atoms with Crippen molar-refractivity contribution in [3.63, 3.8) is 0 Å². The van der Waals surface area contributed by atoms with Crippen LogP contribution in [0.15, 0.2) is 54.6 Å². The van der Waals surface area contributed by atoms with Crippen LogP contribution in [0.2, 0.25) is 0 Å². The minimum Gasteiger partial charge on any atom is -0.434 e. The van der Waals surface area contributed by atoms with Crippen LogP contribution < -0.4 is 0 Å². The molecule has 2 aromatic carbocycles. The summed E-state index contributed by atoms with van der Waals surface area (Å²) >= 11 is 0. The molecule has 0 saturated carbocycles. The Labute approximate surface area is 125 Å². The summed E-state index contributed by atoms with van der Waals surface area (Å²) in [6, 6.07) is 15.0. The van der Waals surface area contributed by atoms with Gasteiger partial charge >= 0.3 is 15.1 Å². The zero-order valence-electron chi connectivity index (χ0n) is 10.6. The van der Waals surface area contributed by atoms with Crippen molar-refractivity contribution in [3.8, 4) is 0 Å². The predicted molar refractivity (Wildman–Crippen MR) is 78.2 cm³/mol. The van der Waals surface area contributed by atoms with E-state index >= 15 is 0 Å². The van der Waals surface area contributed by atoms with E-state index < -0.39 is 20.1 Å². The molecule has 0 amide bonds. The second-order valence-electron chi connectivity index (χ2n) is 4.43. The second-order valence-corrected chi connectivity index (χ2v) is 7.79. The molecular weight excluding hydrogens is 312 g/mol. The van der Waals surface area contributed by atoms with Gasteiger partial charge in [-0.15, -0.1) is 0 Å².